The van der Waals surface area contributed by atoms with E-state index in [1.807, 2.05) is 0 Å². The number of hydrogen-bond acceptors (Lipinski definition) is 3. The monoisotopic (exact) mass is 909 g/mol. The fourth-order valence-electron chi connectivity index (χ4n) is 10.9. The molecule has 0 aliphatic heterocycles. The number of aryl methyl sites for hydroxylation is 1. The van der Waals surface area contributed by atoms with Gasteiger partial charge in [0.05, 0.1) is 22.5 Å². The summed E-state index contributed by atoms with van der Waals surface area (Å²) in [6.45, 7) is 2.26. The SMILES string of the molecule is Cc1cccc2c1-c1ccc(N(c3ccc(-c4ccccc4)cc3)c3cc(N(c4ccccc4)c4ccccc4)cc(N(c4ccccc4)c4ccccc4)c3)cc1C2(c1ccccc1)c1ccccc1. The molecule has 0 saturated heterocycles. The van der Waals surface area contributed by atoms with E-state index in [1.54, 1.807) is 0 Å². The second-order valence-electron chi connectivity index (χ2n) is 18.2. The Kier molecular flexibility index (Phi) is 11.4. The van der Waals surface area contributed by atoms with Crippen LogP contribution in [-0.4, -0.2) is 0 Å². The van der Waals surface area contributed by atoms with E-state index in [-0.39, 0.29) is 0 Å². The van der Waals surface area contributed by atoms with Crippen molar-refractivity contribution >= 4 is 51.2 Å². The summed E-state index contributed by atoms with van der Waals surface area (Å²) in [7, 11) is 0. The minimum Gasteiger partial charge on any atom is -0.310 e. The minimum atomic E-state index is -0.583. The molecule has 0 heterocycles. The summed E-state index contributed by atoms with van der Waals surface area (Å²) in [6.07, 6.45) is 0. The van der Waals surface area contributed by atoms with Crippen LogP contribution in [0.1, 0.15) is 27.8 Å². The lowest BCUT2D eigenvalue weighted by Crippen LogP contribution is -2.28. The van der Waals surface area contributed by atoms with Crippen LogP contribution in [-0.2, 0) is 5.41 Å². The van der Waals surface area contributed by atoms with Gasteiger partial charge in [-0.2, -0.15) is 0 Å². The molecule has 0 aromatic heterocycles. The molecule has 0 fully saturated rings. The fourth-order valence-corrected chi connectivity index (χ4v) is 10.9. The summed E-state index contributed by atoms with van der Waals surface area (Å²) < 4.78 is 0. The van der Waals surface area contributed by atoms with Gasteiger partial charge in [0, 0.05) is 34.1 Å². The molecule has 0 unspecified atom stereocenters. The van der Waals surface area contributed by atoms with Gasteiger partial charge in [0.15, 0.2) is 0 Å². The number of nitrogens with zero attached hydrogens (tertiary/aromatic N) is 3. The Morgan fingerprint density at radius 2 is 0.606 bits per heavy atom. The van der Waals surface area contributed by atoms with Crippen molar-refractivity contribution in [1.82, 2.24) is 0 Å². The smallest absolute Gasteiger partial charge is 0.0714 e. The molecule has 0 atom stereocenters. The Hall–Kier alpha value is -9.18. The molecule has 0 spiro atoms. The van der Waals surface area contributed by atoms with Crippen molar-refractivity contribution in [3.63, 3.8) is 0 Å². The largest absolute Gasteiger partial charge is 0.310 e. The lowest BCUT2D eigenvalue weighted by Gasteiger charge is -2.35. The molecule has 3 nitrogen and oxygen atoms in total. The third-order valence-electron chi connectivity index (χ3n) is 14.0. The Morgan fingerprint density at radius 3 is 1.04 bits per heavy atom. The van der Waals surface area contributed by atoms with E-state index in [2.05, 4.69) is 313 Å². The lowest BCUT2D eigenvalue weighted by molar-refractivity contribution is 0.768. The quantitative estimate of drug-likeness (QED) is 0.121. The zero-order chi connectivity index (χ0) is 47.6. The number of hydrogen-bond donors (Lipinski definition) is 0. The van der Waals surface area contributed by atoms with E-state index in [4.69, 9.17) is 0 Å². The molecule has 12 rings (SSSR count). The van der Waals surface area contributed by atoms with Crippen molar-refractivity contribution in [2.75, 3.05) is 14.7 Å². The third-order valence-corrected chi connectivity index (χ3v) is 14.0. The number of para-hydroxylation sites is 4. The van der Waals surface area contributed by atoms with Crippen LogP contribution in [0, 0.1) is 6.92 Å². The maximum Gasteiger partial charge on any atom is 0.0714 e. The van der Waals surface area contributed by atoms with Gasteiger partial charge in [0.1, 0.15) is 0 Å². The van der Waals surface area contributed by atoms with Crippen LogP contribution in [0.5, 0.6) is 0 Å². The maximum absolute atomic E-state index is 2.48. The zero-order valence-electron chi connectivity index (χ0n) is 39.6. The highest BCUT2D eigenvalue weighted by atomic mass is 15.2. The average molecular weight is 910 g/mol. The van der Waals surface area contributed by atoms with Gasteiger partial charge >= 0.3 is 0 Å². The molecule has 0 bridgehead atoms. The van der Waals surface area contributed by atoms with Gasteiger partial charge in [-0.05, 0) is 148 Å². The summed E-state index contributed by atoms with van der Waals surface area (Å²) in [5.74, 6) is 0. The molecular weight excluding hydrogens is 859 g/mol. The van der Waals surface area contributed by atoms with Crippen molar-refractivity contribution in [1.29, 1.82) is 0 Å². The number of anilines is 9. The Bertz CT molecular complexity index is 3350. The van der Waals surface area contributed by atoms with E-state index < -0.39 is 5.41 Å². The Labute approximate surface area is 417 Å². The maximum atomic E-state index is 2.48. The first-order chi connectivity index (χ1) is 35.1. The van der Waals surface area contributed by atoms with Crippen LogP contribution in [0.4, 0.5) is 51.2 Å². The van der Waals surface area contributed by atoms with Gasteiger partial charge in [0.2, 0.25) is 0 Å². The van der Waals surface area contributed by atoms with E-state index in [0.717, 1.165) is 56.7 Å². The second kappa shape index (κ2) is 18.7. The molecule has 0 N–H and O–H groups in total. The summed E-state index contributed by atoms with van der Waals surface area (Å²) >= 11 is 0. The van der Waals surface area contributed by atoms with Crippen molar-refractivity contribution in [2.45, 2.75) is 12.3 Å². The predicted molar refractivity (Wildman–Crippen MR) is 298 cm³/mol. The molecule has 0 saturated carbocycles. The molecule has 1 aliphatic rings. The van der Waals surface area contributed by atoms with Crippen molar-refractivity contribution in [3.8, 4) is 22.3 Å². The molecule has 1 aliphatic carbocycles. The molecule has 71 heavy (non-hydrogen) atoms. The second-order valence-corrected chi connectivity index (χ2v) is 18.2. The highest BCUT2D eigenvalue weighted by Gasteiger charge is 2.47. The summed E-state index contributed by atoms with van der Waals surface area (Å²) in [6, 6.07) is 106. The first-order valence-electron chi connectivity index (χ1n) is 24.4. The minimum absolute atomic E-state index is 0.583. The summed E-state index contributed by atoms with van der Waals surface area (Å²) in [5, 5.41) is 0. The van der Waals surface area contributed by atoms with Crippen LogP contribution in [0.15, 0.2) is 291 Å². The molecule has 11 aromatic rings. The molecular formula is C68H51N3. The number of fused-ring (bicyclic) bond motifs is 3. The van der Waals surface area contributed by atoms with Crippen molar-refractivity contribution in [2.24, 2.45) is 0 Å². The first-order valence-corrected chi connectivity index (χ1v) is 24.4. The molecule has 3 heteroatoms. The predicted octanol–water partition coefficient (Wildman–Crippen LogP) is 18.4. The first kappa shape index (κ1) is 43.1. The number of benzene rings is 11. The highest BCUT2D eigenvalue weighted by molar-refractivity contribution is 5.93. The van der Waals surface area contributed by atoms with Crippen molar-refractivity contribution < 1.29 is 0 Å². The lowest BCUT2D eigenvalue weighted by atomic mass is 9.67. The van der Waals surface area contributed by atoms with Crippen LogP contribution < -0.4 is 14.7 Å². The van der Waals surface area contributed by atoms with E-state index in [0.29, 0.717) is 0 Å². The van der Waals surface area contributed by atoms with Crippen LogP contribution in [0.2, 0.25) is 0 Å². The standard InChI is InChI=1S/C68H51N3/c1-50-24-23-39-65-67(50)64-45-44-60(49-66(64)68(65,53-27-11-3-12-28-53)54-29-13-4-14-30-54)71(59-42-40-52(41-43-59)51-25-9-2-10-26-51)63-47-61(69(55-31-15-5-16-32-55)56-33-17-6-18-34-56)46-62(48-63)70(57-35-19-7-20-36-57)58-37-21-8-22-38-58/h2-49H,1H3. The number of rotatable bonds is 12. The zero-order valence-corrected chi connectivity index (χ0v) is 39.6. The Balaban J connectivity index is 1.16. The highest BCUT2D eigenvalue weighted by Crippen LogP contribution is 2.58. The van der Waals surface area contributed by atoms with Crippen LogP contribution in [0.3, 0.4) is 0 Å². The molecule has 11 aromatic carbocycles. The molecule has 338 valence electrons. The van der Waals surface area contributed by atoms with Gasteiger partial charge in [-0.25, -0.2) is 0 Å². The normalized spacial score (nSPS) is 12.1. The van der Waals surface area contributed by atoms with Gasteiger partial charge in [-0.3, -0.25) is 0 Å². The average Bonchev–Trinajstić information content (AvgIpc) is 3.75. The third kappa shape index (κ3) is 7.84. The van der Waals surface area contributed by atoms with E-state index in [1.165, 1.54) is 44.5 Å². The molecule has 0 radical (unpaired) electrons. The topological polar surface area (TPSA) is 9.72 Å². The van der Waals surface area contributed by atoms with Crippen LogP contribution in [0.25, 0.3) is 22.3 Å². The van der Waals surface area contributed by atoms with Gasteiger partial charge in [-0.15, -0.1) is 0 Å². The fraction of sp³-hybridized carbons (Fsp3) is 0.0294. The van der Waals surface area contributed by atoms with Crippen molar-refractivity contribution in [3.05, 3.63) is 319 Å². The summed E-state index contributed by atoms with van der Waals surface area (Å²) in [4.78, 5) is 7.20. The van der Waals surface area contributed by atoms with E-state index >= 15 is 0 Å². The van der Waals surface area contributed by atoms with E-state index in [9.17, 15) is 0 Å². The summed E-state index contributed by atoms with van der Waals surface area (Å²) in [5.41, 5.74) is 20.0. The van der Waals surface area contributed by atoms with Gasteiger partial charge in [0.25, 0.3) is 0 Å². The van der Waals surface area contributed by atoms with Gasteiger partial charge in [-0.1, -0.05) is 200 Å². The van der Waals surface area contributed by atoms with Crippen LogP contribution >= 0.6 is 0 Å². The van der Waals surface area contributed by atoms with Gasteiger partial charge < -0.3 is 14.7 Å². The molecule has 0 amide bonds. The Morgan fingerprint density at radius 1 is 0.254 bits per heavy atom.